The van der Waals surface area contributed by atoms with Crippen LogP contribution in [0.25, 0.3) is 10.6 Å². The number of aromatic carboxylic acids is 1. The van der Waals surface area contributed by atoms with E-state index in [9.17, 15) is 10.1 Å². The highest BCUT2D eigenvalue weighted by molar-refractivity contribution is 7.17. The number of carboxylic acid groups (broad SMARTS) is 1. The molecule has 0 fully saturated rings. The van der Waals surface area contributed by atoms with Crippen LogP contribution in [-0.2, 0) is 0 Å². The van der Waals surface area contributed by atoms with E-state index in [-0.39, 0.29) is 4.88 Å². The first-order valence-electron chi connectivity index (χ1n) is 6.81. The van der Waals surface area contributed by atoms with Gasteiger partial charge in [0, 0.05) is 17.5 Å². The Kier molecular flexibility index (Phi) is 4.93. The van der Waals surface area contributed by atoms with E-state index in [2.05, 4.69) is 22.9 Å². The zero-order chi connectivity index (χ0) is 16.1. The Balaban J connectivity index is 2.43. The Morgan fingerprint density at radius 3 is 2.77 bits per heavy atom. The molecule has 5 heteroatoms. The van der Waals surface area contributed by atoms with Crippen LogP contribution in [0.3, 0.4) is 0 Å². The minimum absolute atomic E-state index is 0.223. The monoisotopic (exact) mass is 310 g/mol. The Labute approximate surface area is 133 Å². The molecule has 0 saturated heterocycles. The van der Waals surface area contributed by atoms with Crippen LogP contribution in [0.15, 0.2) is 18.2 Å². The topological polar surface area (TPSA) is 74.0 Å². The van der Waals surface area contributed by atoms with Crippen molar-refractivity contribution < 1.29 is 9.90 Å². The molecule has 1 aromatic carbocycles. The van der Waals surface area contributed by atoms with Gasteiger partial charge in [-0.2, -0.15) is 5.26 Å². The fourth-order valence-electron chi connectivity index (χ4n) is 1.88. The Hall–Kier alpha value is -2.63. The maximum absolute atomic E-state index is 11.1. The van der Waals surface area contributed by atoms with Gasteiger partial charge >= 0.3 is 5.97 Å². The van der Waals surface area contributed by atoms with Gasteiger partial charge in [0.2, 0.25) is 0 Å². The molecule has 1 aromatic heterocycles. The molecule has 0 bridgehead atoms. The smallest absolute Gasteiger partial charge is 0.347 e. The normalized spacial score (nSPS) is 9.68. The molecule has 2 rings (SSSR count). The maximum atomic E-state index is 11.1. The third-order valence-corrected chi connectivity index (χ3v) is 4.17. The highest BCUT2D eigenvalue weighted by Crippen LogP contribution is 2.29. The zero-order valence-corrected chi connectivity index (χ0v) is 13.1. The average Bonchev–Trinajstić information content (AvgIpc) is 2.90. The molecule has 0 spiro atoms. The van der Waals surface area contributed by atoms with Gasteiger partial charge in [0.25, 0.3) is 0 Å². The van der Waals surface area contributed by atoms with Gasteiger partial charge in [-0.15, -0.1) is 11.3 Å². The first-order chi connectivity index (χ1) is 10.6. The van der Waals surface area contributed by atoms with Crippen LogP contribution >= 0.6 is 11.3 Å². The molecule has 22 heavy (non-hydrogen) atoms. The van der Waals surface area contributed by atoms with Crippen LogP contribution < -0.4 is 0 Å². The third-order valence-electron chi connectivity index (χ3n) is 2.98. The summed E-state index contributed by atoms with van der Waals surface area (Å²) in [5.41, 5.74) is 2.38. The van der Waals surface area contributed by atoms with E-state index in [4.69, 9.17) is 5.11 Å². The van der Waals surface area contributed by atoms with Crippen LogP contribution in [-0.4, -0.2) is 16.1 Å². The maximum Gasteiger partial charge on any atom is 0.347 e. The standard InChI is InChI=1S/C17H14N2O2S/c1-3-4-5-6-12-7-8-13(9-14(12)10-18)16-19-11(2)15(22-16)17(20)21/h7-9H,3-4H2,1-2H3,(H,20,21). The van der Waals surface area contributed by atoms with Crippen molar-refractivity contribution in [3.05, 3.63) is 39.9 Å². The van der Waals surface area contributed by atoms with Gasteiger partial charge in [0.15, 0.2) is 0 Å². The molecule has 0 atom stereocenters. The first kappa shape index (κ1) is 15.8. The number of carboxylic acids is 1. The van der Waals surface area contributed by atoms with Crippen LogP contribution in [0, 0.1) is 30.1 Å². The lowest BCUT2D eigenvalue weighted by atomic mass is 10.1. The molecule has 4 nitrogen and oxygen atoms in total. The van der Waals surface area contributed by atoms with E-state index in [1.807, 2.05) is 13.0 Å². The zero-order valence-electron chi connectivity index (χ0n) is 12.3. The van der Waals surface area contributed by atoms with Crippen molar-refractivity contribution in [2.45, 2.75) is 26.7 Å². The second kappa shape index (κ2) is 6.89. The van der Waals surface area contributed by atoms with Crippen LogP contribution in [0.4, 0.5) is 0 Å². The van der Waals surface area contributed by atoms with E-state index >= 15 is 0 Å². The van der Waals surface area contributed by atoms with Crippen molar-refractivity contribution in [3.63, 3.8) is 0 Å². The summed E-state index contributed by atoms with van der Waals surface area (Å²) in [6, 6.07) is 7.45. The molecule has 110 valence electrons. The molecule has 2 aromatic rings. The van der Waals surface area contributed by atoms with Crippen LogP contribution in [0.2, 0.25) is 0 Å². The van der Waals surface area contributed by atoms with Gasteiger partial charge in [0.05, 0.1) is 11.3 Å². The fourth-order valence-corrected chi connectivity index (χ4v) is 2.78. The Morgan fingerprint density at radius 1 is 1.41 bits per heavy atom. The van der Waals surface area contributed by atoms with E-state index in [0.29, 0.717) is 21.8 Å². The lowest BCUT2D eigenvalue weighted by Crippen LogP contribution is -1.94. The number of benzene rings is 1. The van der Waals surface area contributed by atoms with Crippen molar-refractivity contribution in [2.75, 3.05) is 0 Å². The fraction of sp³-hybridized carbons (Fsp3) is 0.235. The molecule has 0 saturated carbocycles. The minimum Gasteiger partial charge on any atom is -0.477 e. The summed E-state index contributed by atoms with van der Waals surface area (Å²) in [5.74, 6) is 5.03. The van der Waals surface area contributed by atoms with Crippen LogP contribution in [0.5, 0.6) is 0 Å². The molecular weight excluding hydrogens is 296 g/mol. The number of rotatable bonds is 3. The van der Waals surface area contributed by atoms with Crippen molar-refractivity contribution in [2.24, 2.45) is 0 Å². The Bertz CT molecular complexity index is 819. The summed E-state index contributed by atoms with van der Waals surface area (Å²) in [4.78, 5) is 15.6. The number of thiazole rings is 1. The van der Waals surface area contributed by atoms with E-state index < -0.39 is 5.97 Å². The summed E-state index contributed by atoms with van der Waals surface area (Å²) in [5, 5.41) is 19.0. The van der Waals surface area contributed by atoms with Gasteiger partial charge in [-0.05, 0) is 25.5 Å². The van der Waals surface area contributed by atoms with E-state index in [1.165, 1.54) is 0 Å². The van der Waals surface area contributed by atoms with Gasteiger partial charge < -0.3 is 5.11 Å². The molecule has 0 amide bonds. The van der Waals surface area contributed by atoms with Crippen molar-refractivity contribution in [1.82, 2.24) is 4.98 Å². The van der Waals surface area contributed by atoms with E-state index in [1.54, 1.807) is 19.1 Å². The molecule has 1 heterocycles. The molecule has 0 unspecified atom stereocenters. The summed E-state index contributed by atoms with van der Waals surface area (Å²) < 4.78 is 0. The number of nitriles is 1. The van der Waals surface area contributed by atoms with E-state index in [0.717, 1.165) is 29.7 Å². The molecule has 0 radical (unpaired) electrons. The second-order valence-corrected chi connectivity index (χ2v) is 5.66. The summed E-state index contributed by atoms with van der Waals surface area (Å²) in [6.07, 6.45) is 1.77. The largest absolute Gasteiger partial charge is 0.477 e. The van der Waals surface area contributed by atoms with Gasteiger partial charge in [-0.3, -0.25) is 0 Å². The SMILES string of the molecule is CCCC#Cc1ccc(-c2nc(C)c(C(=O)O)s2)cc1C#N. The van der Waals surface area contributed by atoms with Gasteiger partial charge in [-0.25, -0.2) is 9.78 Å². The summed E-state index contributed by atoms with van der Waals surface area (Å²) >= 11 is 1.11. The predicted octanol–water partition coefficient (Wildman–Crippen LogP) is 3.84. The summed E-state index contributed by atoms with van der Waals surface area (Å²) in [6.45, 7) is 3.72. The summed E-state index contributed by atoms with van der Waals surface area (Å²) in [7, 11) is 0. The van der Waals surface area contributed by atoms with Crippen molar-refractivity contribution in [1.29, 1.82) is 5.26 Å². The number of aryl methyl sites for hydroxylation is 1. The highest BCUT2D eigenvalue weighted by atomic mass is 32.1. The molecule has 0 aliphatic heterocycles. The minimum atomic E-state index is -0.983. The van der Waals surface area contributed by atoms with Crippen molar-refractivity contribution in [3.8, 4) is 28.5 Å². The second-order valence-electron chi connectivity index (χ2n) is 4.66. The quantitative estimate of drug-likeness (QED) is 0.874. The van der Waals surface area contributed by atoms with Gasteiger partial charge in [0.1, 0.15) is 16.0 Å². The van der Waals surface area contributed by atoms with Crippen LogP contribution in [0.1, 0.15) is 46.3 Å². The molecule has 0 aliphatic rings. The number of aromatic nitrogens is 1. The number of nitrogens with zero attached hydrogens (tertiary/aromatic N) is 2. The molecular formula is C17H14N2O2S. The van der Waals surface area contributed by atoms with Gasteiger partial charge in [-0.1, -0.05) is 24.8 Å². The number of unbranched alkanes of at least 4 members (excludes halogenated alkanes) is 1. The lowest BCUT2D eigenvalue weighted by Gasteiger charge is -1.99. The third kappa shape index (κ3) is 3.33. The average molecular weight is 310 g/mol. The first-order valence-corrected chi connectivity index (χ1v) is 7.62. The molecule has 1 N–H and O–H groups in total. The number of hydrogen-bond donors (Lipinski definition) is 1. The predicted molar refractivity (Wildman–Crippen MR) is 85.7 cm³/mol. The van der Waals surface area contributed by atoms with Crippen molar-refractivity contribution >= 4 is 17.3 Å². The number of hydrogen-bond acceptors (Lipinski definition) is 4. The highest BCUT2D eigenvalue weighted by Gasteiger charge is 2.15. The lowest BCUT2D eigenvalue weighted by molar-refractivity contribution is 0.0701. The molecule has 0 aliphatic carbocycles. The number of carbonyl (C=O) groups is 1. The Morgan fingerprint density at radius 2 is 2.18 bits per heavy atom.